The van der Waals surface area contributed by atoms with Crippen LogP contribution in [-0.2, 0) is 9.47 Å². The van der Waals surface area contributed by atoms with Gasteiger partial charge in [-0.15, -0.1) is 0 Å². The zero-order chi connectivity index (χ0) is 14.0. The van der Waals surface area contributed by atoms with Crippen molar-refractivity contribution in [2.24, 2.45) is 0 Å². The Balaban J connectivity index is 1.61. The minimum atomic E-state index is -0.470. The Morgan fingerprint density at radius 2 is 1.90 bits per heavy atom. The number of rotatable bonds is 3. The number of anilines is 1. The molecule has 0 radical (unpaired) electrons. The highest BCUT2D eigenvalue weighted by molar-refractivity contribution is 5.49. The normalized spacial score (nSPS) is 18.9. The summed E-state index contributed by atoms with van der Waals surface area (Å²) in [6.07, 6.45) is 3.69. The fraction of sp³-hybridized carbons (Fsp3) is 0.400. The van der Waals surface area contributed by atoms with Gasteiger partial charge < -0.3 is 14.8 Å². The van der Waals surface area contributed by atoms with Crippen molar-refractivity contribution in [3.8, 4) is 5.69 Å². The minimum Gasteiger partial charge on any atom is -0.378 e. The third kappa shape index (κ3) is 3.00. The van der Waals surface area contributed by atoms with E-state index in [2.05, 4.69) is 10.4 Å². The fourth-order valence-electron chi connectivity index (χ4n) is 2.14. The molecule has 1 aliphatic rings. The van der Waals surface area contributed by atoms with Crippen molar-refractivity contribution in [3.05, 3.63) is 42.7 Å². The summed E-state index contributed by atoms with van der Waals surface area (Å²) in [4.78, 5) is 0. The third-order valence-corrected chi connectivity index (χ3v) is 3.27. The molecule has 2 aromatic rings. The zero-order valence-electron chi connectivity index (χ0n) is 11.7. The van der Waals surface area contributed by atoms with E-state index in [4.69, 9.17) is 9.47 Å². The molecule has 1 aromatic carbocycles. The molecule has 0 bridgehead atoms. The van der Waals surface area contributed by atoms with E-state index in [0.717, 1.165) is 11.4 Å². The predicted molar refractivity (Wildman–Crippen MR) is 77.0 cm³/mol. The summed E-state index contributed by atoms with van der Waals surface area (Å²) in [5.41, 5.74) is 2.09. The molecule has 1 saturated heterocycles. The van der Waals surface area contributed by atoms with E-state index >= 15 is 0 Å². The van der Waals surface area contributed by atoms with Gasteiger partial charge in [-0.25, -0.2) is 4.68 Å². The van der Waals surface area contributed by atoms with Crippen molar-refractivity contribution >= 4 is 5.69 Å². The Hall–Kier alpha value is -1.85. The number of benzene rings is 1. The summed E-state index contributed by atoms with van der Waals surface area (Å²) >= 11 is 0. The Kier molecular flexibility index (Phi) is 3.46. The number of nitrogens with one attached hydrogen (secondary N) is 1. The standard InChI is InChI=1S/C15H19N3O2/c1-15(2)19-10-13(11-20-15)17-12-4-6-14(7-5-12)18-9-3-8-16-18/h3-9,13,17H,10-11H2,1-2H3. The van der Waals surface area contributed by atoms with Crippen LogP contribution in [0.1, 0.15) is 13.8 Å². The van der Waals surface area contributed by atoms with Gasteiger partial charge in [0, 0.05) is 18.1 Å². The SMILES string of the molecule is CC1(C)OCC(Nc2ccc(-n3cccn3)cc2)CO1. The van der Waals surface area contributed by atoms with E-state index in [1.54, 1.807) is 6.20 Å². The highest BCUT2D eigenvalue weighted by Crippen LogP contribution is 2.20. The topological polar surface area (TPSA) is 48.3 Å². The summed E-state index contributed by atoms with van der Waals surface area (Å²) < 4.78 is 13.1. The minimum absolute atomic E-state index is 0.179. The van der Waals surface area contributed by atoms with Gasteiger partial charge in [0.2, 0.25) is 0 Å². The number of aromatic nitrogens is 2. The van der Waals surface area contributed by atoms with Crippen molar-refractivity contribution in [2.45, 2.75) is 25.7 Å². The van der Waals surface area contributed by atoms with Crippen molar-refractivity contribution < 1.29 is 9.47 Å². The molecule has 0 saturated carbocycles. The average molecular weight is 273 g/mol. The monoisotopic (exact) mass is 273 g/mol. The van der Waals surface area contributed by atoms with E-state index in [-0.39, 0.29) is 6.04 Å². The average Bonchev–Trinajstić information content (AvgIpc) is 2.96. The van der Waals surface area contributed by atoms with Crippen molar-refractivity contribution in [3.63, 3.8) is 0 Å². The molecule has 106 valence electrons. The molecular formula is C15H19N3O2. The molecule has 5 heteroatoms. The molecule has 5 nitrogen and oxygen atoms in total. The van der Waals surface area contributed by atoms with Gasteiger partial charge in [-0.2, -0.15) is 5.10 Å². The first-order chi connectivity index (χ1) is 9.62. The van der Waals surface area contributed by atoms with Crippen LogP contribution in [0, 0.1) is 0 Å². The van der Waals surface area contributed by atoms with Crippen LogP contribution < -0.4 is 5.32 Å². The van der Waals surface area contributed by atoms with Crippen LogP contribution in [0.15, 0.2) is 42.7 Å². The molecule has 1 aromatic heterocycles. The van der Waals surface area contributed by atoms with Crippen molar-refractivity contribution in [1.82, 2.24) is 9.78 Å². The molecule has 1 aliphatic heterocycles. The second kappa shape index (κ2) is 5.26. The first kappa shape index (κ1) is 13.1. The lowest BCUT2D eigenvalue weighted by molar-refractivity contribution is -0.247. The molecule has 20 heavy (non-hydrogen) atoms. The number of nitrogens with zero attached hydrogens (tertiary/aromatic N) is 2. The summed E-state index contributed by atoms with van der Waals surface area (Å²) in [6, 6.07) is 10.2. The molecule has 0 aliphatic carbocycles. The molecule has 1 N–H and O–H groups in total. The molecule has 0 spiro atoms. The summed E-state index contributed by atoms with van der Waals surface area (Å²) in [7, 11) is 0. The van der Waals surface area contributed by atoms with E-state index in [1.165, 1.54) is 0 Å². The lowest BCUT2D eigenvalue weighted by Crippen LogP contribution is -2.45. The molecule has 3 rings (SSSR count). The van der Waals surface area contributed by atoms with Crippen LogP contribution >= 0.6 is 0 Å². The second-order valence-electron chi connectivity index (χ2n) is 5.36. The molecule has 0 unspecified atom stereocenters. The highest BCUT2D eigenvalue weighted by atomic mass is 16.7. The Labute approximate surface area is 118 Å². The van der Waals surface area contributed by atoms with Gasteiger partial charge in [0.25, 0.3) is 0 Å². The quantitative estimate of drug-likeness (QED) is 0.933. The van der Waals surface area contributed by atoms with Gasteiger partial charge in [0.05, 0.1) is 24.9 Å². The predicted octanol–water partition coefficient (Wildman–Crippen LogP) is 2.44. The van der Waals surface area contributed by atoms with Crippen LogP contribution in [0.2, 0.25) is 0 Å². The van der Waals surface area contributed by atoms with E-state index in [1.807, 2.05) is 55.1 Å². The van der Waals surface area contributed by atoms with Gasteiger partial charge in [-0.1, -0.05) is 0 Å². The number of ether oxygens (including phenoxy) is 2. The maximum absolute atomic E-state index is 5.63. The molecular weight excluding hydrogens is 254 g/mol. The zero-order valence-corrected chi connectivity index (χ0v) is 11.7. The lowest BCUT2D eigenvalue weighted by Gasteiger charge is -2.35. The first-order valence-electron chi connectivity index (χ1n) is 6.77. The number of hydrogen-bond donors (Lipinski definition) is 1. The molecule has 1 fully saturated rings. The first-order valence-corrected chi connectivity index (χ1v) is 6.77. The van der Waals surface area contributed by atoms with Gasteiger partial charge in [-0.3, -0.25) is 0 Å². The summed E-state index contributed by atoms with van der Waals surface area (Å²) in [6.45, 7) is 5.16. The summed E-state index contributed by atoms with van der Waals surface area (Å²) in [5.74, 6) is -0.470. The van der Waals surface area contributed by atoms with Crippen molar-refractivity contribution in [2.75, 3.05) is 18.5 Å². The van der Waals surface area contributed by atoms with E-state index < -0.39 is 5.79 Å². The number of hydrogen-bond acceptors (Lipinski definition) is 4. The van der Waals surface area contributed by atoms with Crippen LogP contribution in [0.25, 0.3) is 5.69 Å². The summed E-state index contributed by atoms with van der Waals surface area (Å²) in [5, 5.41) is 7.62. The third-order valence-electron chi connectivity index (χ3n) is 3.27. The van der Waals surface area contributed by atoms with Gasteiger partial charge >= 0.3 is 0 Å². The lowest BCUT2D eigenvalue weighted by atomic mass is 10.2. The van der Waals surface area contributed by atoms with Gasteiger partial charge in [0.1, 0.15) is 0 Å². The van der Waals surface area contributed by atoms with E-state index in [9.17, 15) is 0 Å². The van der Waals surface area contributed by atoms with Gasteiger partial charge in [-0.05, 0) is 44.2 Å². The Morgan fingerprint density at radius 1 is 1.20 bits per heavy atom. The largest absolute Gasteiger partial charge is 0.378 e. The molecule has 0 atom stereocenters. The second-order valence-corrected chi connectivity index (χ2v) is 5.36. The Morgan fingerprint density at radius 3 is 2.50 bits per heavy atom. The van der Waals surface area contributed by atoms with Crippen LogP contribution in [0.5, 0.6) is 0 Å². The van der Waals surface area contributed by atoms with E-state index in [0.29, 0.717) is 13.2 Å². The van der Waals surface area contributed by atoms with Crippen LogP contribution in [0.4, 0.5) is 5.69 Å². The highest BCUT2D eigenvalue weighted by Gasteiger charge is 2.28. The maximum atomic E-state index is 5.63. The fourth-order valence-corrected chi connectivity index (χ4v) is 2.14. The van der Waals surface area contributed by atoms with Crippen LogP contribution in [0.3, 0.4) is 0 Å². The maximum Gasteiger partial charge on any atom is 0.162 e. The smallest absolute Gasteiger partial charge is 0.162 e. The molecule has 0 amide bonds. The van der Waals surface area contributed by atoms with Crippen molar-refractivity contribution in [1.29, 1.82) is 0 Å². The Bertz CT molecular complexity index is 539. The molecule has 2 heterocycles. The van der Waals surface area contributed by atoms with Gasteiger partial charge in [0.15, 0.2) is 5.79 Å². The van der Waals surface area contributed by atoms with Crippen LogP contribution in [-0.4, -0.2) is 34.8 Å².